The zero-order chi connectivity index (χ0) is 21.3. The van der Waals surface area contributed by atoms with Crippen molar-refractivity contribution >= 4 is 28.5 Å². The van der Waals surface area contributed by atoms with E-state index in [4.69, 9.17) is 14.2 Å². The molecule has 1 aliphatic rings. The van der Waals surface area contributed by atoms with Crippen molar-refractivity contribution in [1.82, 2.24) is 5.01 Å². The number of hydrogen-bond acceptors (Lipinski definition) is 6. The Labute approximate surface area is 173 Å². The molecule has 0 fully saturated rings. The summed E-state index contributed by atoms with van der Waals surface area (Å²) >= 11 is 0. The van der Waals surface area contributed by atoms with Gasteiger partial charge in [0.25, 0.3) is 0 Å². The lowest BCUT2D eigenvalue weighted by molar-refractivity contribution is -0.135. The van der Waals surface area contributed by atoms with Crippen LogP contribution < -0.4 is 9.47 Å². The molecule has 1 atom stereocenters. The predicted molar refractivity (Wildman–Crippen MR) is 111 cm³/mol. The van der Waals surface area contributed by atoms with Crippen LogP contribution in [0.2, 0.25) is 0 Å². The Morgan fingerprint density at radius 3 is 2.40 bits per heavy atom. The number of fused-ring (bicyclic) bond motifs is 1. The van der Waals surface area contributed by atoms with E-state index >= 15 is 0 Å². The average Bonchev–Trinajstić information content (AvgIpc) is 3.18. The normalized spacial score (nSPS) is 15.5. The highest BCUT2D eigenvalue weighted by Crippen LogP contribution is 2.36. The van der Waals surface area contributed by atoms with Crippen molar-refractivity contribution in [3.05, 3.63) is 71.8 Å². The highest BCUT2D eigenvalue weighted by Gasteiger charge is 2.35. The van der Waals surface area contributed by atoms with Gasteiger partial charge in [0, 0.05) is 19.4 Å². The summed E-state index contributed by atoms with van der Waals surface area (Å²) in [6.45, 7) is 2.75. The second-order valence-electron chi connectivity index (χ2n) is 6.77. The van der Waals surface area contributed by atoms with Gasteiger partial charge in [0.2, 0.25) is 18.0 Å². The van der Waals surface area contributed by atoms with E-state index in [1.54, 1.807) is 25.3 Å². The number of carbonyl (C=O) groups is 2. The third kappa shape index (κ3) is 3.57. The SMILES string of the molecule is COc1ccc(C2OC(c3c(OC(C)=O)ccc4ccccc34)=NN2C(C)=O)cc1. The molecular weight excluding hydrogens is 384 g/mol. The highest BCUT2D eigenvalue weighted by atomic mass is 16.5. The average molecular weight is 404 g/mol. The Hall–Kier alpha value is -3.87. The predicted octanol–water partition coefficient (Wildman–Crippen LogP) is 4.01. The molecule has 7 nitrogen and oxygen atoms in total. The Kier molecular flexibility index (Phi) is 5.10. The van der Waals surface area contributed by atoms with Crippen LogP contribution in [0.25, 0.3) is 10.8 Å². The van der Waals surface area contributed by atoms with Gasteiger partial charge in [-0.2, -0.15) is 5.01 Å². The van der Waals surface area contributed by atoms with Crippen LogP contribution in [0.15, 0.2) is 65.8 Å². The van der Waals surface area contributed by atoms with Crippen LogP contribution in [-0.4, -0.2) is 29.9 Å². The number of ether oxygens (including phenoxy) is 3. The van der Waals surface area contributed by atoms with E-state index in [9.17, 15) is 9.59 Å². The number of methoxy groups -OCH3 is 1. The molecule has 1 unspecified atom stereocenters. The largest absolute Gasteiger partial charge is 0.497 e. The van der Waals surface area contributed by atoms with Crippen LogP contribution in [-0.2, 0) is 14.3 Å². The monoisotopic (exact) mass is 404 g/mol. The van der Waals surface area contributed by atoms with E-state index in [-0.39, 0.29) is 11.8 Å². The summed E-state index contributed by atoms with van der Waals surface area (Å²) in [6, 6.07) is 18.4. The van der Waals surface area contributed by atoms with Gasteiger partial charge in [0.1, 0.15) is 11.5 Å². The summed E-state index contributed by atoms with van der Waals surface area (Å²) < 4.78 is 16.7. The molecule has 0 saturated heterocycles. The van der Waals surface area contributed by atoms with Crippen LogP contribution >= 0.6 is 0 Å². The number of hydrazone groups is 1. The van der Waals surface area contributed by atoms with Crippen molar-refractivity contribution < 1.29 is 23.8 Å². The van der Waals surface area contributed by atoms with Gasteiger partial charge in [-0.3, -0.25) is 9.59 Å². The lowest BCUT2D eigenvalue weighted by atomic mass is 10.0. The van der Waals surface area contributed by atoms with E-state index in [0.717, 1.165) is 16.3 Å². The molecule has 152 valence electrons. The summed E-state index contributed by atoms with van der Waals surface area (Å²) in [4.78, 5) is 23.9. The summed E-state index contributed by atoms with van der Waals surface area (Å²) in [7, 11) is 1.58. The minimum atomic E-state index is -0.743. The van der Waals surface area contributed by atoms with E-state index in [1.165, 1.54) is 18.9 Å². The molecule has 0 N–H and O–H groups in total. The number of carbonyl (C=O) groups excluding carboxylic acids is 2. The van der Waals surface area contributed by atoms with Gasteiger partial charge in [-0.05, 0) is 41.1 Å². The van der Waals surface area contributed by atoms with Crippen LogP contribution in [0, 0.1) is 0 Å². The minimum Gasteiger partial charge on any atom is -0.497 e. The van der Waals surface area contributed by atoms with Crippen molar-refractivity contribution in [2.24, 2.45) is 5.10 Å². The van der Waals surface area contributed by atoms with Crippen molar-refractivity contribution in [1.29, 1.82) is 0 Å². The Morgan fingerprint density at radius 2 is 1.73 bits per heavy atom. The maximum absolute atomic E-state index is 12.3. The smallest absolute Gasteiger partial charge is 0.308 e. The minimum absolute atomic E-state index is 0.207. The van der Waals surface area contributed by atoms with Gasteiger partial charge < -0.3 is 14.2 Å². The summed E-state index contributed by atoms with van der Waals surface area (Å²) in [5.41, 5.74) is 1.25. The first-order valence-corrected chi connectivity index (χ1v) is 9.37. The van der Waals surface area contributed by atoms with Gasteiger partial charge in [-0.25, -0.2) is 0 Å². The van der Waals surface area contributed by atoms with Crippen molar-refractivity contribution in [3.63, 3.8) is 0 Å². The topological polar surface area (TPSA) is 77.4 Å². The standard InChI is InChI=1S/C23H20N2O5/c1-14(26)25-23(17-8-11-18(28-3)12-9-17)30-22(24-25)21-19-7-5-4-6-16(19)10-13-20(21)29-15(2)27/h4-13,23H,1-3H3. The molecule has 7 heteroatoms. The highest BCUT2D eigenvalue weighted by molar-refractivity contribution is 6.10. The second-order valence-corrected chi connectivity index (χ2v) is 6.77. The van der Waals surface area contributed by atoms with E-state index in [0.29, 0.717) is 17.1 Å². The number of esters is 1. The number of rotatable bonds is 4. The molecule has 1 heterocycles. The lowest BCUT2D eigenvalue weighted by Crippen LogP contribution is -2.25. The van der Waals surface area contributed by atoms with Crippen molar-refractivity contribution in [2.45, 2.75) is 20.1 Å². The number of amides is 1. The molecule has 0 saturated carbocycles. The zero-order valence-electron chi connectivity index (χ0n) is 16.8. The molecule has 1 amide bonds. The first kappa shape index (κ1) is 19.4. The molecular formula is C23H20N2O5. The van der Waals surface area contributed by atoms with Crippen molar-refractivity contribution in [3.8, 4) is 11.5 Å². The van der Waals surface area contributed by atoms with Crippen LogP contribution in [0.5, 0.6) is 11.5 Å². The first-order valence-electron chi connectivity index (χ1n) is 9.37. The Bertz CT molecular complexity index is 1150. The molecule has 0 aromatic heterocycles. The van der Waals surface area contributed by atoms with E-state index in [2.05, 4.69) is 5.10 Å². The van der Waals surface area contributed by atoms with Gasteiger partial charge in [0.15, 0.2) is 0 Å². The van der Waals surface area contributed by atoms with Crippen LogP contribution in [0.3, 0.4) is 0 Å². The zero-order valence-corrected chi connectivity index (χ0v) is 16.8. The molecule has 1 aliphatic heterocycles. The van der Waals surface area contributed by atoms with Gasteiger partial charge >= 0.3 is 5.97 Å². The summed E-state index contributed by atoms with van der Waals surface area (Å²) in [5.74, 6) is 0.483. The van der Waals surface area contributed by atoms with E-state index < -0.39 is 12.2 Å². The maximum Gasteiger partial charge on any atom is 0.308 e. The molecule has 0 radical (unpaired) electrons. The Morgan fingerprint density at radius 1 is 1.00 bits per heavy atom. The van der Waals surface area contributed by atoms with Crippen LogP contribution in [0.4, 0.5) is 0 Å². The lowest BCUT2D eigenvalue weighted by Gasteiger charge is -2.19. The summed E-state index contributed by atoms with van der Waals surface area (Å²) in [6.07, 6.45) is -0.743. The molecule has 4 rings (SSSR count). The van der Waals surface area contributed by atoms with Gasteiger partial charge in [-0.15, -0.1) is 5.10 Å². The molecule has 0 bridgehead atoms. The maximum atomic E-state index is 12.3. The fourth-order valence-electron chi connectivity index (χ4n) is 3.36. The third-order valence-electron chi connectivity index (χ3n) is 4.73. The first-order chi connectivity index (χ1) is 14.5. The molecule has 0 aliphatic carbocycles. The quantitative estimate of drug-likeness (QED) is 0.485. The van der Waals surface area contributed by atoms with E-state index in [1.807, 2.05) is 42.5 Å². The number of benzene rings is 3. The number of hydrogen-bond donors (Lipinski definition) is 0. The molecule has 3 aromatic rings. The van der Waals surface area contributed by atoms with Crippen molar-refractivity contribution in [2.75, 3.05) is 7.11 Å². The fourth-order valence-corrected chi connectivity index (χ4v) is 3.36. The van der Waals surface area contributed by atoms with Crippen LogP contribution in [0.1, 0.15) is 31.2 Å². The van der Waals surface area contributed by atoms with Gasteiger partial charge in [-0.1, -0.05) is 30.3 Å². The summed E-state index contributed by atoms with van der Waals surface area (Å²) in [5, 5.41) is 7.43. The Balaban J connectivity index is 1.81. The second kappa shape index (κ2) is 7.87. The molecule has 0 spiro atoms. The van der Waals surface area contributed by atoms with Gasteiger partial charge in [0.05, 0.1) is 12.7 Å². The molecule has 3 aromatic carbocycles. The third-order valence-corrected chi connectivity index (χ3v) is 4.73. The number of nitrogens with zero attached hydrogens (tertiary/aromatic N) is 2. The molecule has 30 heavy (non-hydrogen) atoms. The fraction of sp³-hybridized carbons (Fsp3) is 0.174.